The Balaban J connectivity index is 1.87. The number of hydrogen-bond acceptors (Lipinski definition) is 3. The van der Waals surface area contributed by atoms with E-state index in [1.807, 2.05) is 13.1 Å². The van der Waals surface area contributed by atoms with Gasteiger partial charge in [0.15, 0.2) is 0 Å². The highest BCUT2D eigenvalue weighted by molar-refractivity contribution is 5.85. The summed E-state index contributed by atoms with van der Waals surface area (Å²) < 4.78 is 4.94. The lowest BCUT2D eigenvalue weighted by atomic mass is 10.0. The van der Waals surface area contributed by atoms with Gasteiger partial charge in [-0.2, -0.15) is 0 Å². The first-order chi connectivity index (χ1) is 10.7. The fourth-order valence-electron chi connectivity index (χ4n) is 2.43. The molecule has 0 aliphatic heterocycles. The Bertz CT molecular complexity index is 608. The van der Waals surface area contributed by atoms with Gasteiger partial charge in [0, 0.05) is 27.2 Å². The SMILES string of the molecule is COCCNCC(=O)N(C)CCc1cccc2ccccc12. The molecule has 2 aromatic rings. The van der Waals surface area contributed by atoms with Crippen LogP contribution in [0.5, 0.6) is 0 Å². The smallest absolute Gasteiger partial charge is 0.236 e. The molecule has 0 atom stereocenters. The van der Waals surface area contributed by atoms with E-state index in [1.54, 1.807) is 12.0 Å². The highest BCUT2D eigenvalue weighted by Gasteiger charge is 2.09. The third kappa shape index (κ3) is 4.55. The van der Waals surface area contributed by atoms with Gasteiger partial charge in [-0.3, -0.25) is 4.79 Å². The number of nitrogens with one attached hydrogen (secondary N) is 1. The molecule has 0 unspecified atom stereocenters. The van der Waals surface area contributed by atoms with Crippen molar-refractivity contribution in [3.05, 3.63) is 48.0 Å². The van der Waals surface area contributed by atoms with Gasteiger partial charge in [0.1, 0.15) is 0 Å². The molecule has 0 saturated heterocycles. The monoisotopic (exact) mass is 300 g/mol. The van der Waals surface area contributed by atoms with E-state index >= 15 is 0 Å². The van der Waals surface area contributed by atoms with E-state index in [2.05, 4.69) is 41.7 Å². The summed E-state index contributed by atoms with van der Waals surface area (Å²) >= 11 is 0. The maximum Gasteiger partial charge on any atom is 0.236 e. The summed E-state index contributed by atoms with van der Waals surface area (Å²) in [6.45, 7) is 2.39. The van der Waals surface area contributed by atoms with Gasteiger partial charge in [-0.05, 0) is 22.8 Å². The molecule has 22 heavy (non-hydrogen) atoms. The molecule has 2 aromatic carbocycles. The fraction of sp³-hybridized carbons (Fsp3) is 0.389. The van der Waals surface area contributed by atoms with Gasteiger partial charge in [0.25, 0.3) is 0 Å². The predicted molar refractivity (Wildman–Crippen MR) is 90.0 cm³/mol. The van der Waals surface area contributed by atoms with Crippen LogP contribution in [0.2, 0.25) is 0 Å². The van der Waals surface area contributed by atoms with E-state index in [4.69, 9.17) is 4.74 Å². The maximum absolute atomic E-state index is 12.0. The first kappa shape index (κ1) is 16.5. The zero-order valence-electron chi connectivity index (χ0n) is 13.3. The molecule has 1 N–H and O–H groups in total. The van der Waals surface area contributed by atoms with Crippen LogP contribution in [0, 0.1) is 0 Å². The van der Waals surface area contributed by atoms with Crippen molar-refractivity contribution in [2.24, 2.45) is 0 Å². The minimum Gasteiger partial charge on any atom is -0.383 e. The highest BCUT2D eigenvalue weighted by Crippen LogP contribution is 2.18. The molecule has 0 aliphatic carbocycles. The van der Waals surface area contributed by atoms with Gasteiger partial charge in [0.05, 0.1) is 13.2 Å². The molecular formula is C18H24N2O2. The normalized spacial score (nSPS) is 10.8. The van der Waals surface area contributed by atoms with Crippen molar-refractivity contribution < 1.29 is 9.53 Å². The van der Waals surface area contributed by atoms with Crippen LogP contribution in [0.3, 0.4) is 0 Å². The second kappa shape index (κ2) is 8.51. The Kier molecular flexibility index (Phi) is 6.37. The Morgan fingerprint density at radius 2 is 1.95 bits per heavy atom. The number of likely N-dealkylation sites (N-methyl/N-ethyl adjacent to an activating group) is 1. The van der Waals surface area contributed by atoms with Crippen LogP contribution in [0.25, 0.3) is 10.8 Å². The average molecular weight is 300 g/mol. The summed E-state index contributed by atoms with van der Waals surface area (Å²) in [6, 6.07) is 14.7. The van der Waals surface area contributed by atoms with Crippen LogP contribution < -0.4 is 5.32 Å². The molecule has 2 rings (SSSR count). The quantitative estimate of drug-likeness (QED) is 0.759. The Labute approximate surface area is 132 Å². The number of ether oxygens (including phenoxy) is 1. The molecule has 0 spiro atoms. The first-order valence-corrected chi connectivity index (χ1v) is 7.62. The van der Waals surface area contributed by atoms with Gasteiger partial charge in [-0.1, -0.05) is 42.5 Å². The maximum atomic E-state index is 12.0. The number of rotatable bonds is 8. The van der Waals surface area contributed by atoms with E-state index in [0.717, 1.165) is 13.0 Å². The number of fused-ring (bicyclic) bond motifs is 1. The lowest BCUT2D eigenvalue weighted by Gasteiger charge is -2.18. The first-order valence-electron chi connectivity index (χ1n) is 7.62. The molecule has 118 valence electrons. The van der Waals surface area contributed by atoms with Crippen molar-refractivity contribution in [3.8, 4) is 0 Å². The Morgan fingerprint density at radius 3 is 2.77 bits per heavy atom. The second-order valence-corrected chi connectivity index (χ2v) is 5.37. The van der Waals surface area contributed by atoms with Crippen LogP contribution in [0.4, 0.5) is 0 Å². The Hall–Kier alpha value is -1.91. The fourth-order valence-corrected chi connectivity index (χ4v) is 2.43. The van der Waals surface area contributed by atoms with Gasteiger partial charge in [-0.15, -0.1) is 0 Å². The van der Waals surface area contributed by atoms with Crippen LogP contribution in [-0.4, -0.2) is 51.2 Å². The predicted octanol–water partition coefficient (Wildman–Crippen LogP) is 2.08. The molecule has 0 bridgehead atoms. The van der Waals surface area contributed by atoms with Gasteiger partial charge in [-0.25, -0.2) is 0 Å². The summed E-state index contributed by atoms with van der Waals surface area (Å²) in [5, 5.41) is 5.59. The van der Waals surface area contributed by atoms with Crippen LogP contribution in [0.15, 0.2) is 42.5 Å². The third-order valence-corrected chi connectivity index (χ3v) is 3.78. The average Bonchev–Trinajstić information content (AvgIpc) is 2.56. The molecule has 0 fully saturated rings. The number of nitrogens with zero attached hydrogens (tertiary/aromatic N) is 1. The summed E-state index contributed by atoms with van der Waals surface area (Å²) in [5.74, 6) is 0.108. The standard InChI is InChI=1S/C18H24N2O2/c1-20(18(21)14-19-11-13-22-2)12-10-16-8-5-7-15-6-3-4-9-17(15)16/h3-9,19H,10-14H2,1-2H3. The molecule has 0 aromatic heterocycles. The zero-order chi connectivity index (χ0) is 15.8. The summed E-state index contributed by atoms with van der Waals surface area (Å²) in [4.78, 5) is 13.8. The van der Waals surface area contributed by atoms with E-state index < -0.39 is 0 Å². The van der Waals surface area contributed by atoms with Crippen LogP contribution in [-0.2, 0) is 16.0 Å². The molecule has 4 heteroatoms. The molecule has 1 amide bonds. The molecule has 0 aliphatic rings. The van der Waals surface area contributed by atoms with Gasteiger partial charge < -0.3 is 15.0 Å². The van der Waals surface area contributed by atoms with Crippen LogP contribution >= 0.6 is 0 Å². The van der Waals surface area contributed by atoms with Gasteiger partial charge >= 0.3 is 0 Å². The topological polar surface area (TPSA) is 41.6 Å². The summed E-state index contributed by atoms with van der Waals surface area (Å²) in [5.41, 5.74) is 1.28. The van der Waals surface area contributed by atoms with Crippen molar-refractivity contribution in [1.82, 2.24) is 10.2 Å². The molecule has 4 nitrogen and oxygen atoms in total. The largest absolute Gasteiger partial charge is 0.383 e. The van der Waals surface area contributed by atoms with Crippen molar-refractivity contribution in [1.29, 1.82) is 0 Å². The number of methoxy groups -OCH3 is 1. The lowest BCUT2D eigenvalue weighted by Crippen LogP contribution is -2.37. The van der Waals surface area contributed by atoms with Gasteiger partial charge in [0.2, 0.25) is 5.91 Å². The van der Waals surface area contributed by atoms with Crippen LogP contribution in [0.1, 0.15) is 5.56 Å². The van der Waals surface area contributed by atoms with Crippen molar-refractivity contribution in [3.63, 3.8) is 0 Å². The number of carbonyl (C=O) groups is 1. The number of amides is 1. The summed E-state index contributed by atoms with van der Waals surface area (Å²) in [7, 11) is 3.51. The molecule has 0 saturated carbocycles. The minimum absolute atomic E-state index is 0.108. The second-order valence-electron chi connectivity index (χ2n) is 5.37. The molecule has 0 heterocycles. The number of benzene rings is 2. The number of hydrogen-bond donors (Lipinski definition) is 1. The molecular weight excluding hydrogens is 276 g/mol. The third-order valence-electron chi connectivity index (χ3n) is 3.78. The van der Waals surface area contributed by atoms with E-state index in [0.29, 0.717) is 19.7 Å². The van der Waals surface area contributed by atoms with E-state index in [1.165, 1.54) is 16.3 Å². The lowest BCUT2D eigenvalue weighted by molar-refractivity contribution is -0.128. The Morgan fingerprint density at radius 1 is 1.18 bits per heavy atom. The minimum atomic E-state index is 0.108. The number of carbonyl (C=O) groups excluding carboxylic acids is 1. The zero-order valence-corrected chi connectivity index (χ0v) is 13.3. The van der Waals surface area contributed by atoms with Crippen molar-refractivity contribution in [2.45, 2.75) is 6.42 Å². The van der Waals surface area contributed by atoms with E-state index in [9.17, 15) is 4.79 Å². The van der Waals surface area contributed by atoms with Crippen molar-refractivity contribution >= 4 is 16.7 Å². The van der Waals surface area contributed by atoms with E-state index in [-0.39, 0.29) is 5.91 Å². The highest BCUT2D eigenvalue weighted by atomic mass is 16.5. The van der Waals surface area contributed by atoms with Crippen molar-refractivity contribution in [2.75, 3.05) is 40.4 Å². The molecule has 0 radical (unpaired) electrons. The summed E-state index contributed by atoms with van der Waals surface area (Å²) in [6.07, 6.45) is 0.863.